The third kappa shape index (κ3) is 5.45. The fourth-order valence-electron chi connectivity index (χ4n) is 2.98. The van der Waals surface area contributed by atoms with Gasteiger partial charge in [0, 0.05) is 26.2 Å². The molecule has 6 heteroatoms. The standard InChI is InChI=1S/C20H22Cl2N2O2/c21-18-6-5-15(11-19(18)22)12-20(25)23-13-16-3-1-2-4-17(16)14-24-7-9-26-10-8-24/h1-6,11H,7-10,12-14H2,(H,23,25). The zero-order valence-electron chi connectivity index (χ0n) is 14.5. The summed E-state index contributed by atoms with van der Waals surface area (Å²) in [6.45, 7) is 4.84. The first-order valence-corrected chi connectivity index (χ1v) is 9.45. The lowest BCUT2D eigenvalue weighted by Crippen LogP contribution is -2.36. The van der Waals surface area contributed by atoms with Gasteiger partial charge in [-0.1, -0.05) is 53.5 Å². The summed E-state index contributed by atoms with van der Waals surface area (Å²) >= 11 is 11.9. The molecule has 3 rings (SSSR count). The van der Waals surface area contributed by atoms with Crippen LogP contribution in [0.15, 0.2) is 42.5 Å². The highest BCUT2D eigenvalue weighted by Crippen LogP contribution is 2.22. The van der Waals surface area contributed by atoms with Gasteiger partial charge in [-0.05, 0) is 28.8 Å². The lowest BCUT2D eigenvalue weighted by Gasteiger charge is -2.27. The quantitative estimate of drug-likeness (QED) is 0.814. The number of hydrogen-bond donors (Lipinski definition) is 1. The van der Waals surface area contributed by atoms with Crippen LogP contribution in [0.3, 0.4) is 0 Å². The van der Waals surface area contributed by atoms with E-state index in [1.807, 2.05) is 18.2 Å². The Morgan fingerprint density at radius 3 is 2.50 bits per heavy atom. The number of nitrogens with one attached hydrogen (secondary N) is 1. The molecule has 0 unspecified atom stereocenters. The highest BCUT2D eigenvalue weighted by molar-refractivity contribution is 6.42. The lowest BCUT2D eigenvalue weighted by atomic mass is 10.1. The predicted octanol–water partition coefficient (Wildman–Crippen LogP) is 3.68. The summed E-state index contributed by atoms with van der Waals surface area (Å²) in [6.07, 6.45) is 0.280. The highest BCUT2D eigenvalue weighted by Gasteiger charge is 2.13. The van der Waals surface area contributed by atoms with Gasteiger partial charge in [0.1, 0.15) is 0 Å². The number of carbonyl (C=O) groups excluding carboxylic acids is 1. The molecule has 1 amide bonds. The summed E-state index contributed by atoms with van der Waals surface area (Å²) in [4.78, 5) is 14.6. The van der Waals surface area contributed by atoms with Crippen LogP contribution in [-0.2, 0) is 29.0 Å². The van der Waals surface area contributed by atoms with Gasteiger partial charge in [0.25, 0.3) is 0 Å². The van der Waals surface area contributed by atoms with Crippen molar-refractivity contribution in [1.29, 1.82) is 0 Å². The van der Waals surface area contributed by atoms with E-state index in [0.717, 1.165) is 44.0 Å². The number of hydrogen-bond acceptors (Lipinski definition) is 3. The number of rotatable bonds is 6. The number of morpholine rings is 1. The van der Waals surface area contributed by atoms with Gasteiger partial charge in [-0.15, -0.1) is 0 Å². The zero-order valence-corrected chi connectivity index (χ0v) is 16.0. The number of amides is 1. The van der Waals surface area contributed by atoms with Crippen LogP contribution in [0.25, 0.3) is 0 Å². The summed E-state index contributed by atoms with van der Waals surface area (Å²) in [6, 6.07) is 13.5. The van der Waals surface area contributed by atoms with Gasteiger partial charge in [0.15, 0.2) is 0 Å². The first-order chi connectivity index (χ1) is 12.6. The van der Waals surface area contributed by atoms with E-state index in [1.165, 1.54) is 5.56 Å². The van der Waals surface area contributed by atoms with E-state index in [2.05, 4.69) is 22.3 Å². The molecule has 1 aliphatic rings. The largest absolute Gasteiger partial charge is 0.379 e. The molecule has 0 aliphatic carbocycles. The Bertz CT molecular complexity index is 761. The Hall–Kier alpha value is -1.59. The van der Waals surface area contributed by atoms with Crippen molar-refractivity contribution in [2.24, 2.45) is 0 Å². The Morgan fingerprint density at radius 1 is 1.04 bits per heavy atom. The second kappa shape index (κ2) is 9.38. The number of carbonyl (C=O) groups is 1. The summed E-state index contributed by atoms with van der Waals surface area (Å²) in [5, 5.41) is 3.96. The van der Waals surface area contributed by atoms with Gasteiger partial charge >= 0.3 is 0 Å². The van der Waals surface area contributed by atoms with Crippen molar-refractivity contribution < 1.29 is 9.53 Å². The molecule has 1 saturated heterocycles. The van der Waals surface area contributed by atoms with Crippen molar-refractivity contribution in [1.82, 2.24) is 10.2 Å². The van der Waals surface area contributed by atoms with Crippen LogP contribution in [-0.4, -0.2) is 37.1 Å². The predicted molar refractivity (Wildman–Crippen MR) is 105 cm³/mol. The summed E-state index contributed by atoms with van der Waals surface area (Å²) in [7, 11) is 0. The van der Waals surface area contributed by atoms with Gasteiger partial charge in [0.2, 0.25) is 5.91 Å². The molecule has 0 aromatic heterocycles. The average molecular weight is 393 g/mol. The van der Waals surface area contributed by atoms with Crippen molar-refractivity contribution in [3.8, 4) is 0 Å². The topological polar surface area (TPSA) is 41.6 Å². The number of benzene rings is 2. The summed E-state index contributed by atoms with van der Waals surface area (Å²) in [5.41, 5.74) is 3.23. The molecule has 1 aliphatic heterocycles. The van der Waals surface area contributed by atoms with E-state index in [4.69, 9.17) is 27.9 Å². The molecule has 1 fully saturated rings. The molecule has 1 N–H and O–H groups in total. The lowest BCUT2D eigenvalue weighted by molar-refractivity contribution is -0.120. The van der Waals surface area contributed by atoms with E-state index in [1.54, 1.807) is 12.1 Å². The molecule has 138 valence electrons. The van der Waals surface area contributed by atoms with Crippen LogP contribution in [0.5, 0.6) is 0 Å². The smallest absolute Gasteiger partial charge is 0.224 e. The molecule has 2 aromatic carbocycles. The fourth-order valence-corrected chi connectivity index (χ4v) is 3.30. The molecular weight excluding hydrogens is 371 g/mol. The van der Waals surface area contributed by atoms with E-state index >= 15 is 0 Å². The maximum Gasteiger partial charge on any atom is 0.224 e. The molecular formula is C20H22Cl2N2O2. The Labute approximate surface area is 164 Å². The maximum absolute atomic E-state index is 12.3. The third-order valence-electron chi connectivity index (χ3n) is 4.44. The van der Waals surface area contributed by atoms with Gasteiger partial charge in [-0.3, -0.25) is 9.69 Å². The van der Waals surface area contributed by atoms with Crippen LogP contribution in [0.4, 0.5) is 0 Å². The van der Waals surface area contributed by atoms with Crippen molar-refractivity contribution in [2.75, 3.05) is 26.3 Å². The molecule has 26 heavy (non-hydrogen) atoms. The first kappa shape index (κ1) is 19.2. The second-order valence-electron chi connectivity index (χ2n) is 6.36. The molecule has 0 spiro atoms. The van der Waals surface area contributed by atoms with Crippen LogP contribution in [0.1, 0.15) is 16.7 Å². The molecule has 1 heterocycles. The summed E-state index contributed by atoms with van der Waals surface area (Å²) in [5.74, 6) is -0.0374. The Morgan fingerprint density at radius 2 is 1.77 bits per heavy atom. The molecule has 2 aromatic rings. The molecule has 0 bridgehead atoms. The number of halogens is 2. The normalized spacial score (nSPS) is 15.0. The minimum Gasteiger partial charge on any atom is -0.379 e. The van der Waals surface area contributed by atoms with Crippen molar-refractivity contribution in [2.45, 2.75) is 19.5 Å². The van der Waals surface area contributed by atoms with Gasteiger partial charge in [-0.25, -0.2) is 0 Å². The van der Waals surface area contributed by atoms with Crippen LogP contribution in [0.2, 0.25) is 10.0 Å². The van der Waals surface area contributed by atoms with E-state index in [-0.39, 0.29) is 12.3 Å². The van der Waals surface area contributed by atoms with Gasteiger partial charge < -0.3 is 10.1 Å². The highest BCUT2D eigenvalue weighted by atomic mass is 35.5. The number of nitrogens with zero attached hydrogens (tertiary/aromatic N) is 1. The zero-order chi connectivity index (χ0) is 18.4. The van der Waals surface area contributed by atoms with Crippen molar-refractivity contribution in [3.05, 3.63) is 69.2 Å². The first-order valence-electron chi connectivity index (χ1n) is 8.69. The Balaban J connectivity index is 1.56. The van der Waals surface area contributed by atoms with Gasteiger partial charge in [0.05, 0.1) is 29.7 Å². The minimum atomic E-state index is -0.0374. The molecule has 4 nitrogen and oxygen atoms in total. The van der Waals surface area contributed by atoms with Crippen molar-refractivity contribution >= 4 is 29.1 Å². The van der Waals surface area contributed by atoms with E-state index < -0.39 is 0 Å². The minimum absolute atomic E-state index is 0.0374. The molecule has 0 radical (unpaired) electrons. The van der Waals surface area contributed by atoms with Crippen LogP contribution < -0.4 is 5.32 Å². The molecule has 0 atom stereocenters. The maximum atomic E-state index is 12.3. The monoisotopic (exact) mass is 392 g/mol. The second-order valence-corrected chi connectivity index (χ2v) is 7.17. The number of ether oxygens (including phenoxy) is 1. The average Bonchev–Trinajstić information content (AvgIpc) is 2.65. The summed E-state index contributed by atoms with van der Waals surface area (Å²) < 4.78 is 5.40. The SMILES string of the molecule is O=C(Cc1ccc(Cl)c(Cl)c1)NCc1ccccc1CN1CCOCC1. The van der Waals surface area contributed by atoms with Crippen molar-refractivity contribution in [3.63, 3.8) is 0 Å². The fraction of sp³-hybridized carbons (Fsp3) is 0.350. The van der Waals surface area contributed by atoms with Crippen LogP contribution in [0, 0.1) is 0 Å². The van der Waals surface area contributed by atoms with E-state index in [0.29, 0.717) is 16.6 Å². The Kier molecular flexibility index (Phi) is 6.92. The third-order valence-corrected chi connectivity index (χ3v) is 5.18. The van der Waals surface area contributed by atoms with Crippen LogP contribution >= 0.6 is 23.2 Å². The molecule has 0 saturated carbocycles. The van der Waals surface area contributed by atoms with E-state index in [9.17, 15) is 4.79 Å². The van der Waals surface area contributed by atoms with Gasteiger partial charge in [-0.2, -0.15) is 0 Å².